The number of nitrogens with zero attached hydrogens (tertiary/aromatic N) is 3. The SMILES string of the molecule is C.C.C.C.Clc1nc(Cl)nc(Cl)n1.O=c1[nH]c(=O)[nH]c(=O)[nH]1.[3H]PC. The summed E-state index contributed by atoms with van der Waals surface area (Å²) in [5.74, 6) is 0. The summed E-state index contributed by atoms with van der Waals surface area (Å²) in [6, 6.07) is 0. The van der Waals surface area contributed by atoms with E-state index in [2.05, 4.69) is 15.0 Å². The van der Waals surface area contributed by atoms with Gasteiger partial charge < -0.3 is 0 Å². The van der Waals surface area contributed by atoms with E-state index >= 15 is 0 Å². The molecule has 0 fully saturated rings. The van der Waals surface area contributed by atoms with E-state index in [0.717, 1.165) is 0 Å². The lowest BCUT2D eigenvalue weighted by Gasteiger charge is -1.88. The standard InChI is InChI=1S/C3Cl3N3.C3H3N3O3.CH5P.4CH4/c4-1-7-2(5)9-3(6)8-1;7-1-4-2(8)6-3(9)5-1;1-2;;;;/h;(H3,4,5,6,7,8,9);2H2,1H3;4*1H4/i;;2T;;;;. The molecule has 2 aromatic heterocycles. The molecule has 2 heterocycles. The van der Waals surface area contributed by atoms with E-state index in [4.69, 9.17) is 36.1 Å². The highest BCUT2D eigenvalue weighted by Gasteiger charge is 1.97. The van der Waals surface area contributed by atoms with Crippen LogP contribution in [0.15, 0.2) is 14.4 Å². The molecule has 0 aliphatic rings. The van der Waals surface area contributed by atoms with Gasteiger partial charge in [-0.25, -0.2) is 14.4 Å². The Balaban J connectivity index is -0.0000000811. The third-order valence-corrected chi connectivity index (χ3v) is 1.74. The first-order valence-corrected chi connectivity index (χ1v) is 6.65. The molecule has 2 aromatic rings. The molecule has 2 rings (SSSR count). The minimum Gasteiger partial charge on any atom is -0.259 e. The maximum absolute atomic E-state index is 10.2. The molecule has 9 nitrogen and oxygen atoms in total. The predicted octanol–water partition coefficient (Wildman–Crippen LogP) is 2.62. The van der Waals surface area contributed by atoms with Crippen molar-refractivity contribution in [3.63, 3.8) is 0 Å². The second-order valence-corrected chi connectivity index (χ2v) is 3.52. The highest BCUT2D eigenvalue weighted by Crippen LogP contribution is 2.08. The van der Waals surface area contributed by atoms with Crippen LogP contribution >= 0.6 is 44.0 Å². The number of nitrogens with one attached hydrogen (secondary N) is 3. The van der Waals surface area contributed by atoms with Gasteiger partial charge in [0.2, 0.25) is 15.9 Å². The minimum atomic E-state index is -0.802. The van der Waals surface area contributed by atoms with Gasteiger partial charge in [-0.15, -0.1) is 9.18 Å². The summed E-state index contributed by atoms with van der Waals surface area (Å²) >= 11 is 16.0. The van der Waals surface area contributed by atoms with Crippen molar-refractivity contribution < 1.29 is 0 Å². The molecule has 1 atom stereocenters. The third kappa shape index (κ3) is 15.6. The molecule has 0 radical (unpaired) electrons. The fourth-order valence-electron chi connectivity index (χ4n) is 0.706. The zero-order chi connectivity index (χ0) is 16.4. The van der Waals surface area contributed by atoms with Crippen LogP contribution in [0.4, 0.5) is 0 Å². The molecule has 0 aliphatic carbocycles. The molecule has 0 aromatic carbocycles. The number of H-pyrrole nitrogens is 3. The largest absolute Gasteiger partial charge is 0.330 e. The van der Waals surface area contributed by atoms with Crippen molar-refractivity contribution in [2.45, 2.75) is 29.7 Å². The van der Waals surface area contributed by atoms with Gasteiger partial charge in [0.25, 0.3) is 0 Å². The first kappa shape index (κ1) is 30.6. The van der Waals surface area contributed by atoms with Crippen LogP contribution in [0.2, 0.25) is 15.9 Å². The van der Waals surface area contributed by atoms with Gasteiger partial charge in [0.05, 0.1) is 1.28 Å². The zero-order valence-corrected chi connectivity index (χ0v) is 13.0. The first-order chi connectivity index (χ1) is 9.78. The highest BCUT2D eigenvalue weighted by atomic mass is 35.5. The molecule has 0 bridgehead atoms. The molecule has 0 amide bonds. The second kappa shape index (κ2) is 18.1. The van der Waals surface area contributed by atoms with Crippen molar-refractivity contribution in [2.24, 2.45) is 0 Å². The van der Waals surface area contributed by atoms with Crippen LogP contribution in [0.5, 0.6) is 0 Å². The lowest BCUT2D eigenvalue weighted by atomic mass is 11.0. The van der Waals surface area contributed by atoms with Gasteiger partial charge in [0.15, 0.2) is 0 Å². The van der Waals surface area contributed by atoms with Crippen LogP contribution in [0, 0.1) is 0 Å². The Morgan fingerprint density at radius 1 is 0.750 bits per heavy atom. The summed E-state index contributed by atoms with van der Waals surface area (Å²) in [7, 11) is 0.333. The zero-order valence-electron chi connectivity index (χ0n) is 10.7. The van der Waals surface area contributed by atoms with E-state index in [1.165, 1.54) is 0 Å². The van der Waals surface area contributed by atoms with E-state index in [0.29, 0.717) is 9.18 Å². The van der Waals surface area contributed by atoms with E-state index < -0.39 is 17.1 Å². The average Bonchev–Trinajstić information content (AvgIpc) is 2.26. The fraction of sp³-hybridized carbons (Fsp3) is 0.455. The molecule has 0 aliphatic heterocycles. The number of aromatic amines is 3. The molecule has 3 N–H and O–H groups in total. The Kier molecular flexibility index (Phi) is 23.0. The van der Waals surface area contributed by atoms with Gasteiger partial charge in [-0.3, -0.25) is 15.0 Å². The van der Waals surface area contributed by atoms with Gasteiger partial charge >= 0.3 is 17.1 Å². The van der Waals surface area contributed by atoms with Crippen molar-refractivity contribution in [2.75, 3.05) is 6.66 Å². The average molecular weight is 428 g/mol. The van der Waals surface area contributed by atoms with Crippen LogP contribution in [0.3, 0.4) is 0 Å². The molecule has 142 valence electrons. The van der Waals surface area contributed by atoms with E-state index in [1.54, 1.807) is 15.0 Å². The Morgan fingerprint density at radius 2 is 0.917 bits per heavy atom. The predicted molar refractivity (Wildman–Crippen MR) is 106 cm³/mol. The van der Waals surface area contributed by atoms with Crippen molar-refractivity contribution in [1.29, 1.82) is 1.28 Å². The van der Waals surface area contributed by atoms with Crippen LogP contribution < -0.4 is 17.1 Å². The van der Waals surface area contributed by atoms with Crippen LogP contribution in [-0.2, 0) is 0 Å². The van der Waals surface area contributed by atoms with Gasteiger partial charge in [0, 0.05) is 0 Å². The lowest BCUT2D eigenvalue weighted by molar-refractivity contribution is 0.888. The van der Waals surface area contributed by atoms with E-state index in [9.17, 15) is 14.4 Å². The normalized spacial score (nSPS) is 8.42. The molecule has 0 saturated heterocycles. The van der Waals surface area contributed by atoms with E-state index in [1.807, 2.05) is 6.66 Å². The van der Waals surface area contributed by atoms with Gasteiger partial charge in [-0.1, -0.05) is 36.4 Å². The maximum atomic E-state index is 10.2. The van der Waals surface area contributed by atoms with Crippen molar-refractivity contribution in [3.8, 4) is 0 Å². The summed E-state index contributed by atoms with van der Waals surface area (Å²) in [5.41, 5.74) is -2.41. The van der Waals surface area contributed by atoms with Crippen LogP contribution in [-0.4, -0.2) is 37.8 Å². The monoisotopic (exact) mass is 426 g/mol. The van der Waals surface area contributed by atoms with Crippen LogP contribution in [0.1, 0.15) is 29.7 Å². The number of rotatable bonds is 0. The summed E-state index contributed by atoms with van der Waals surface area (Å²) in [6.45, 7) is 1.82. The maximum Gasteiger partial charge on any atom is 0.330 e. The van der Waals surface area contributed by atoms with Gasteiger partial charge in [-0.05, 0) is 34.8 Å². The smallest absolute Gasteiger partial charge is 0.259 e. The highest BCUT2D eigenvalue weighted by molar-refractivity contribution is 7.15. The lowest BCUT2D eigenvalue weighted by Crippen LogP contribution is -2.34. The van der Waals surface area contributed by atoms with Crippen molar-refractivity contribution >= 4 is 44.0 Å². The molecular formula is C11H24Cl3N6O3P. The quantitative estimate of drug-likeness (QED) is 0.553. The minimum absolute atomic E-state index is 0. The molecule has 0 saturated carbocycles. The van der Waals surface area contributed by atoms with Gasteiger partial charge in [0.1, 0.15) is 0 Å². The molecular weight excluding hydrogens is 401 g/mol. The summed E-state index contributed by atoms with van der Waals surface area (Å²) in [6.07, 6.45) is 0. The number of hydrogen-bond donors (Lipinski definition) is 3. The van der Waals surface area contributed by atoms with Crippen molar-refractivity contribution in [1.82, 2.24) is 29.9 Å². The summed E-state index contributed by atoms with van der Waals surface area (Å²) < 4.78 is 6.24. The molecule has 13 heteroatoms. The first-order valence-electron chi connectivity index (χ1n) is 5.02. The van der Waals surface area contributed by atoms with E-state index in [-0.39, 0.29) is 45.6 Å². The Morgan fingerprint density at radius 3 is 1.08 bits per heavy atom. The Hall–Kier alpha value is -1.28. The number of halogens is 3. The van der Waals surface area contributed by atoms with Gasteiger partial charge in [-0.2, -0.15) is 15.0 Å². The second-order valence-electron chi connectivity index (χ2n) is 2.50. The molecule has 24 heavy (non-hydrogen) atoms. The third-order valence-electron chi connectivity index (χ3n) is 1.23. The number of hydrogen-bond acceptors (Lipinski definition) is 6. The van der Waals surface area contributed by atoms with Crippen molar-refractivity contribution in [3.05, 3.63) is 47.3 Å². The molecule has 1 unspecified atom stereocenters. The summed E-state index contributed by atoms with van der Waals surface area (Å²) in [4.78, 5) is 46.3. The number of aromatic nitrogens is 6. The van der Waals surface area contributed by atoms with Crippen LogP contribution in [0.25, 0.3) is 0 Å². The fourth-order valence-corrected chi connectivity index (χ4v) is 1.32. The Labute approximate surface area is 159 Å². The topological polar surface area (TPSA) is 137 Å². The Bertz CT molecular complexity index is 611. The molecule has 0 spiro atoms. The summed E-state index contributed by atoms with van der Waals surface area (Å²) in [5, 5.41) is 0.00000000000000178.